The van der Waals surface area contributed by atoms with Crippen LogP contribution in [0.2, 0.25) is 0 Å². The molecule has 0 saturated carbocycles. The van der Waals surface area contributed by atoms with Crippen LogP contribution in [0.25, 0.3) is 0 Å². The maximum Gasteiger partial charge on any atom is 0.333 e. The van der Waals surface area contributed by atoms with E-state index in [0.717, 1.165) is 17.7 Å². The molecule has 0 atom stereocenters. The summed E-state index contributed by atoms with van der Waals surface area (Å²) in [6, 6.07) is 7.80. The van der Waals surface area contributed by atoms with E-state index in [0.29, 0.717) is 6.54 Å². The smallest absolute Gasteiger partial charge is 0.320 e. The molecule has 0 spiro atoms. The first-order valence-electron chi connectivity index (χ1n) is 6.47. The highest BCUT2D eigenvalue weighted by molar-refractivity contribution is 5.74. The number of benzene rings is 1. The number of aromatic nitrogens is 2. The summed E-state index contributed by atoms with van der Waals surface area (Å²) in [5, 5.41) is 11.4. The number of nitrogens with two attached hydrogens (primary N) is 1. The van der Waals surface area contributed by atoms with E-state index in [2.05, 4.69) is 15.4 Å². The molecular formula is C13H14N6O2. The molecule has 0 saturated heterocycles. The van der Waals surface area contributed by atoms with Crippen LogP contribution in [0.4, 0.5) is 23.1 Å². The van der Waals surface area contributed by atoms with Crippen LogP contribution < -0.4 is 16.2 Å². The van der Waals surface area contributed by atoms with Gasteiger partial charge in [0.05, 0.1) is 4.92 Å². The van der Waals surface area contributed by atoms with Gasteiger partial charge < -0.3 is 4.90 Å². The number of aryl methyl sites for hydroxylation is 1. The van der Waals surface area contributed by atoms with Crippen molar-refractivity contribution >= 4 is 23.1 Å². The molecule has 3 rings (SSSR count). The van der Waals surface area contributed by atoms with Crippen molar-refractivity contribution in [2.45, 2.75) is 13.3 Å². The number of anilines is 3. The Morgan fingerprint density at radius 3 is 2.86 bits per heavy atom. The van der Waals surface area contributed by atoms with Crippen molar-refractivity contribution in [1.29, 1.82) is 0 Å². The van der Waals surface area contributed by atoms with E-state index in [1.807, 2.05) is 29.2 Å². The van der Waals surface area contributed by atoms with Gasteiger partial charge in [-0.1, -0.05) is 18.2 Å². The fourth-order valence-electron chi connectivity index (χ4n) is 2.58. The summed E-state index contributed by atoms with van der Waals surface area (Å²) < 4.78 is 0. The SMILES string of the molecule is Cc1nc(NN)nc(N2CCc3ccccc32)c1[N+](=O)[O-]. The van der Waals surface area contributed by atoms with Crippen LogP contribution in [0.3, 0.4) is 0 Å². The van der Waals surface area contributed by atoms with Crippen molar-refractivity contribution in [2.75, 3.05) is 16.9 Å². The van der Waals surface area contributed by atoms with E-state index in [1.165, 1.54) is 0 Å². The molecule has 1 aliphatic heterocycles. The molecule has 1 aromatic carbocycles. The Bertz CT molecular complexity index is 718. The van der Waals surface area contributed by atoms with Crippen LogP contribution in [0, 0.1) is 17.0 Å². The van der Waals surface area contributed by atoms with Crippen LogP contribution in [0.15, 0.2) is 24.3 Å². The summed E-state index contributed by atoms with van der Waals surface area (Å²) in [5.41, 5.74) is 4.61. The molecule has 108 valence electrons. The Labute approximate surface area is 120 Å². The van der Waals surface area contributed by atoms with Crippen molar-refractivity contribution in [3.05, 3.63) is 45.6 Å². The zero-order valence-corrected chi connectivity index (χ0v) is 11.4. The maximum absolute atomic E-state index is 11.4. The summed E-state index contributed by atoms with van der Waals surface area (Å²) in [4.78, 5) is 20.9. The number of nitrogen functional groups attached to an aromatic ring is 1. The predicted molar refractivity (Wildman–Crippen MR) is 78.4 cm³/mol. The van der Waals surface area contributed by atoms with Crippen molar-refractivity contribution in [1.82, 2.24) is 9.97 Å². The largest absolute Gasteiger partial charge is 0.333 e. The van der Waals surface area contributed by atoms with Gasteiger partial charge in [0.25, 0.3) is 0 Å². The van der Waals surface area contributed by atoms with Crippen molar-refractivity contribution < 1.29 is 4.92 Å². The number of nitrogens with one attached hydrogen (secondary N) is 1. The number of nitro groups is 1. The van der Waals surface area contributed by atoms with E-state index in [-0.39, 0.29) is 23.1 Å². The van der Waals surface area contributed by atoms with Gasteiger partial charge in [0.2, 0.25) is 11.8 Å². The van der Waals surface area contributed by atoms with E-state index in [1.54, 1.807) is 6.92 Å². The highest BCUT2D eigenvalue weighted by atomic mass is 16.6. The summed E-state index contributed by atoms with van der Waals surface area (Å²) in [5.74, 6) is 5.78. The standard InChI is InChI=1S/C13H14N6O2/c1-8-11(19(20)21)12(16-13(15-8)17-14)18-7-6-9-4-2-3-5-10(9)18/h2-5H,6-7,14H2,1H3,(H,15,16,17). The van der Waals surface area contributed by atoms with E-state index >= 15 is 0 Å². The Morgan fingerprint density at radius 2 is 2.14 bits per heavy atom. The van der Waals surface area contributed by atoms with Gasteiger partial charge in [0.15, 0.2) is 0 Å². The molecule has 21 heavy (non-hydrogen) atoms. The number of hydrazine groups is 1. The molecule has 8 nitrogen and oxygen atoms in total. The number of hydrogen-bond donors (Lipinski definition) is 2. The molecule has 2 aromatic rings. The molecule has 2 heterocycles. The third kappa shape index (κ3) is 2.15. The van der Waals surface area contributed by atoms with E-state index in [9.17, 15) is 10.1 Å². The maximum atomic E-state index is 11.4. The molecule has 0 bridgehead atoms. The van der Waals surface area contributed by atoms with Gasteiger partial charge >= 0.3 is 5.69 Å². The zero-order valence-electron chi connectivity index (χ0n) is 11.4. The molecule has 1 aliphatic rings. The lowest BCUT2D eigenvalue weighted by Crippen LogP contribution is -2.20. The van der Waals surface area contributed by atoms with Crippen LogP contribution >= 0.6 is 0 Å². The van der Waals surface area contributed by atoms with E-state index in [4.69, 9.17) is 5.84 Å². The summed E-state index contributed by atoms with van der Waals surface area (Å²) in [7, 11) is 0. The lowest BCUT2D eigenvalue weighted by molar-refractivity contribution is -0.385. The summed E-state index contributed by atoms with van der Waals surface area (Å²) in [6.07, 6.45) is 0.821. The highest BCUT2D eigenvalue weighted by Gasteiger charge is 2.30. The fourth-order valence-corrected chi connectivity index (χ4v) is 2.58. The van der Waals surface area contributed by atoms with Crippen molar-refractivity contribution in [2.24, 2.45) is 5.84 Å². The summed E-state index contributed by atoms with van der Waals surface area (Å²) >= 11 is 0. The van der Waals surface area contributed by atoms with Crippen LogP contribution in [0.5, 0.6) is 0 Å². The average molecular weight is 286 g/mol. The Hall–Kier alpha value is -2.74. The molecule has 8 heteroatoms. The third-order valence-corrected chi connectivity index (χ3v) is 3.49. The summed E-state index contributed by atoms with van der Waals surface area (Å²) in [6.45, 7) is 2.22. The molecule has 0 unspecified atom stereocenters. The molecule has 3 N–H and O–H groups in total. The van der Waals surface area contributed by atoms with Crippen LogP contribution in [0.1, 0.15) is 11.3 Å². The van der Waals surface area contributed by atoms with Crippen LogP contribution in [-0.4, -0.2) is 21.4 Å². The second-order valence-electron chi connectivity index (χ2n) is 4.74. The predicted octanol–water partition coefficient (Wildman–Crippen LogP) is 1.67. The number of rotatable bonds is 3. The minimum atomic E-state index is -0.452. The Kier molecular flexibility index (Phi) is 3.15. The Balaban J connectivity index is 2.18. The molecule has 1 aromatic heterocycles. The van der Waals surface area contributed by atoms with Crippen molar-refractivity contribution in [3.8, 4) is 0 Å². The topological polar surface area (TPSA) is 110 Å². The lowest BCUT2D eigenvalue weighted by Gasteiger charge is -2.19. The molecule has 0 aliphatic carbocycles. The first-order valence-corrected chi connectivity index (χ1v) is 6.47. The quantitative estimate of drug-likeness (QED) is 0.501. The first-order chi connectivity index (χ1) is 10.1. The molecular weight excluding hydrogens is 272 g/mol. The molecule has 0 fully saturated rings. The third-order valence-electron chi connectivity index (χ3n) is 3.49. The van der Waals surface area contributed by atoms with Gasteiger partial charge in [0.1, 0.15) is 5.69 Å². The van der Waals surface area contributed by atoms with Gasteiger partial charge in [-0.2, -0.15) is 4.98 Å². The average Bonchev–Trinajstić information content (AvgIpc) is 2.89. The van der Waals surface area contributed by atoms with Crippen molar-refractivity contribution in [3.63, 3.8) is 0 Å². The monoisotopic (exact) mass is 286 g/mol. The van der Waals surface area contributed by atoms with Gasteiger partial charge in [-0.3, -0.25) is 15.5 Å². The fraction of sp³-hybridized carbons (Fsp3) is 0.231. The number of hydrogen-bond acceptors (Lipinski definition) is 7. The zero-order chi connectivity index (χ0) is 15.0. The second kappa shape index (κ2) is 4.98. The van der Waals surface area contributed by atoms with Crippen LogP contribution in [-0.2, 0) is 6.42 Å². The number of nitrogens with zero attached hydrogens (tertiary/aromatic N) is 4. The second-order valence-corrected chi connectivity index (χ2v) is 4.74. The number of para-hydroxylation sites is 1. The van der Waals surface area contributed by atoms with Gasteiger partial charge in [-0.05, 0) is 25.0 Å². The van der Waals surface area contributed by atoms with E-state index < -0.39 is 4.92 Å². The molecule has 0 amide bonds. The molecule has 0 radical (unpaired) electrons. The number of fused-ring (bicyclic) bond motifs is 1. The highest BCUT2D eigenvalue weighted by Crippen LogP contribution is 2.39. The van der Waals surface area contributed by atoms with Gasteiger partial charge in [0, 0.05) is 12.2 Å². The minimum Gasteiger partial charge on any atom is -0.320 e. The normalized spacial score (nSPS) is 13.1. The lowest BCUT2D eigenvalue weighted by atomic mass is 10.2. The minimum absolute atomic E-state index is 0.0919. The Morgan fingerprint density at radius 1 is 1.38 bits per heavy atom. The van der Waals surface area contributed by atoms with Gasteiger partial charge in [-0.25, -0.2) is 10.8 Å². The van der Waals surface area contributed by atoms with Gasteiger partial charge in [-0.15, -0.1) is 0 Å². The first kappa shape index (κ1) is 13.3.